The second-order valence-electron chi connectivity index (χ2n) is 5.57. The minimum absolute atomic E-state index is 0.0917. The lowest BCUT2D eigenvalue weighted by atomic mass is 9.93. The fourth-order valence-electron chi connectivity index (χ4n) is 2.37. The molecule has 2 unspecified atom stereocenters. The summed E-state index contributed by atoms with van der Waals surface area (Å²) in [6.45, 7) is 4.32. The fraction of sp³-hybridized carbons (Fsp3) is 0.500. The lowest BCUT2D eigenvalue weighted by Crippen LogP contribution is -2.39. The molecule has 0 aromatic heterocycles. The van der Waals surface area contributed by atoms with Gasteiger partial charge in [0, 0.05) is 12.6 Å². The SMILES string of the molecule is CCC(C)CC(Cl)c1ccc2c(c1)C(=O)N(C)C(=O)C2. The first kappa shape index (κ1) is 15.0. The van der Waals surface area contributed by atoms with Gasteiger partial charge in [0.2, 0.25) is 5.91 Å². The van der Waals surface area contributed by atoms with Crippen LogP contribution in [-0.2, 0) is 11.2 Å². The van der Waals surface area contributed by atoms with Crippen LogP contribution in [0.5, 0.6) is 0 Å². The third-order valence-corrected chi connectivity index (χ3v) is 4.48. The molecule has 20 heavy (non-hydrogen) atoms. The van der Waals surface area contributed by atoms with E-state index < -0.39 is 0 Å². The van der Waals surface area contributed by atoms with Crippen LogP contribution >= 0.6 is 11.6 Å². The summed E-state index contributed by atoms with van der Waals surface area (Å²) in [5.74, 6) is 0.163. The molecule has 1 heterocycles. The number of fused-ring (bicyclic) bond motifs is 1. The molecule has 1 aromatic carbocycles. The van der Waals surface area contributed by atoms with Crippen molar-refractivity contribution < 1.29 is 9.59 Å². The van der Waals surface area contributed by atoms with Crippen LogP contribution in [0.3, 0.4) is 0 Å². The number of benzene rings is 1. The fourth-order valence-corrected chi connectivity index (χ4v) is 2.81. The number of halogens is 1. The van der Waals surface area contributed by atoms with Crippen LogP contribution in [0.2, 0.25) is 0 Å². The Morgan fingerprint density at radius 3 is 2.70 bits per heavy atom. The first-order valence-corrected chi connectivity index (χ1v) is 7.45. The Bertz CT molecular complexity index is 541. The number of likely N-dealkylation sites (N-methyl/N-ethyl adjacent to an activating group) is 1. The molecule has 0 spiro atoms. The van der Waals surface area contributed by atoms with Gasteiger partial charge < -0.3 is 0 Å². The van der Waals surface area contributed by atoms with E-state index >= 15 is 0 Å². The van der Waals surface area contributed by atoms with E-state index in [0.717, 1.165) is 24.0 Å². The second kappa shape index (κ2) is 5.96. The Morgan fingerprint density at radius 2 is 2.05 bits per heavy atom. The molecule has 0 radical (unpaired) electrons. The number of imide groups is 1. The molecule has 0 fully saturated rings. The normalized spacial score (nSPS) is 17.9. The van der Waals surface area contributed by atoms with Crippen molar-refractivity contribution in [3.63, 3.8) is 0 Å². The zero-order valence-corrected chi connectivity index (χ0v) is 12.9. The molecule has 2 atom stereocenters. The molecule has 2 rings (SSSR count). The van der Waals surface area contributed by atoms with Gasteiger partial charge in [-0.05, 0) is 29.5 Å². The van der Waals surface area contributed by atoms with Gasteiger partial charge in [-0.3, -0.25) is 14.5 Å². The predicted octanol–water partition coefficient (Wildman–Crippen LogP) is 3.56. The van der Waals surface area contributed by atoms with Crippen molar-refractivity contribution in [3.8, 4) is 0 Å². The lowest BCUT2D eigenvalue weighted by Gasteiger charge is -2.24. The van der Waals surface area contributed by atoms with Crippen molar-refractivity contribution in [2.75, 3.05) is 7.05 Å². The number of rotatable bonds is 4. The first-order valence-electron chi connectivity index (χ1n) is 7.01. The standard InChI is InChI=1S/C16H20ClNO2/c1-4-10(2)7-14(17)12-6-5-11-9-15(19)18(3)16(20)13(11)8-12/h5-6,8,10,14H,4,7,9H2,1-3H3. The van der Waals surface area contributed by atoms with Crippen LogP contribution < -0.4 is 0 Å². The molecule has 1 aliphatic rings. The van der Waals surface area contributed by atoms with Gasteiger partial charge in [0.05, 0.1) is 11.8 Å². The smallest absolute Gasteiger partial charge is 0.260 e. The van der Waals surface area contributed by atoms with Gasteiger partial charge in [0.15, 0.2) is 0 Å². The molecular formula is C16H20ClNO2. The topological polar surface area (TPSA) is 37.4 Å². The molecule has 1 aliphatic heterocycles. The van der Waals surface area contributed by atoms with Crippen LogP contribution in [0.15, 0.2) is 18.2 Å². The molecular weight excluding hydrogens is 274 g/mol. The Kier molecular flexibility index (Phi) is 4.48. The highest BCUT2D eigenvalue weighted by Gasteiger charge is 2.28. The van der Waals surface area contributed by atoms with E-state index in [1.165, 1.54) is 11.9 Å². The highest BCUT2D eigenvalue weighted by molar-refractivity contribution is 6.21. The van der Waals surface area contributed by atoms with Crippen LogP contribution in [0.25, 0.3) is 0 Å². The van der Waals surface area contributed by atoms with Crippen molar-refractivity contribution in [1.82, 2.24) is 4.90 Å². The van der Waals surface area contributed by atoms with E-state index in [1.807, 2.05) is 18.2 Å². The zero-order chi connectivity index (χ0) is 14.9. The maximum absolute atomic E-state index is 12.1. The summed E-state index contributed by atoms with van der Waals surface area (Å²) in [6.07, 6.45) is 2.26. The minimum atomic E-state index is -0.231. The number of hydrogen-bond acceptors (Lipinski definition) is 2. The van der Waals surface area contributed by atoms with E-state index in [4.69, 9.17) is 11.6 Å². The molecule has 0 N–H and O–H groups in total. The Morgan fingerprint density at radius 1 is 1.35 bits per heavy atom. The maximum atomic E-state index is 12.1. The molecule has 4 heteroatoms. The minimum Gasteiger partial charge on any atom is -0.281 e. The zero-order valence-electron chi connectivity index (χ0n) is 12.1. The summed E-state index contributed by atoms with van der Waals surface area (Å²) in [5.41, 5.74) is 2.37. The van der Waals surface area contributed by atoms with E-state index in [-0.39, 0.29) is 23.6 Å². The van der Waals surface area contributed by atoms with Crippen molar-refractivity contribution in [3.05, 3.63) is 34.9 Å². The number of nitrogens with zero attached hydrogens (tertiary/aromatic N) is 1. The monoisotopic (exact) mass is 293 g/mol. The van der Waals surface area contributed by atoms with E-state index in [9.17, 15) is 9.59 Å². The molecule has 0 bridgehead atoms. The second-order valence-corrected chi connectivity index (χ2v) is 6.09. The number of carbonyl (C=O) groups is 2. The van der Waals surface area contributed by atoms with Gasteiger partial charge in [0.1, 0.15) is 0 Å². The summed E-state index contributed by atoms with van der Waals surface area (Å²) in [4.78, 5) is 25.0. The third kappa shape index (κ3) is 2.88. The molecule has 0 saturated heterocycles. The first-order chi connectivity index (χ1) is 9.43. The number of alkyl halides is 1. The molecule has 2 amide bonds. The van der Waals surface area contributed by atoms with E-state index in [0.29, 0.717) is 11.5 Å². The van der Waals surface area contributed by atoms with Gasteiger partial charge in [-0.2, -0.15) is 0 Å². The number of hydrogen-bond donors (Lipinski definition) is 0. The largest absolute Gasteiger partial charge is 0.281 e. The van der Waals surface area contributed by atoms with Crippen molar-refractivity contribution >= 4 is 23.4 Å². The Balaban J connectivity index is 2.28. The quantitative estimate of drug-likeness (QED) is 0.629. The van der Waals surface area contributed by atoms with Gasteiger partial charge >= 0.3 is 0 Å². The average molecular weight is 294 g/mol. The third-order valence-electron chi connectivity index (χ3n) is 4.05. The summed E-state index contributed by atoms with van der Waals surface area (Å²) in [6, 6.07) is 5.64. The predicted molar refractivity (Wildman–Crippen MR) is 79.9 cm³/mol. The van der Waals surface area contributed by atoms with Crippen LogP contribution in [0, 0.1) is 5.92 Å². The summed E-state index contributed by atoms with van der Waals surface area (Å²) in [5, 5.41) is -0.0917. The van der Waals surface area contributed by atoms with Crippen LogP contribution in [0.1, 0.15) is 53.6 Å². The van der Waals surface area contributed by atoms with Gasteiger partial charge in [-0.15, -0.1) is 11.6 Å². The van der Waals surface area contributed by atoms with Gasteiger partial charge in [0.25, 0.3) is 5.91 Å². The van der Waals surface area contributed by atoms with Crippen molar-refractivity contribution in [1.29, 1.82) is 0 Å². The van der Waals surface area contributed by atoms with E-state index in [2.05, 4.69) is 13.8 Å². The summed E-state index contributed by atoms with van der Waals surface area (Å²) < 4.78 is 0. The number of amides is 2. The lowest BCUT2D eigenvalue weighted by molar-refractivity contribution is -0.127. The van der Waals surface area contributed by atoms with Crippen molar-refractivity contribution in [2.24, 2.45) is 5.92 Å². The molecule has 3 nitrogen and oxygen atoms in total. The van der Waals surface area contributed by atoms with Crippen molar-refractivity contribution in [2.45, 2.75) is 38.5 Å². The highest BCUT2D eigenvalue weighted by Crippen LogP contribution is 2.31. The Hall–Kier alpha value is -1.35. The average Bonchev–Trinajstić information content (AvgIpc) is 2.44. The Labute approximate surface area is 124 Å². The van der Waals surface area contributed by atoms with E-state index in [1.54, 1.807) is 0 Å². The molecule has 1 aromatic rings. The molecule has 0 aliphatic carbocycles. The van der Waals surface area contributed by atoms with Gasteiger partial charge in [-0.1, -0.05) is 32.4 Å². The summed E-state index contributed by atoms with van der Waals surface area (Å²) in [7, 11) is 1.53. The van der Waals surface area contributed by atoms with Crippen LogP contribution in [0.4, 0.5) is 0 Å². The highest BCUT2D eigenvalue weighted by atomic mass is 35.5. The molecule has 0 saturated carbocycles. The maximum Gasteiger partial charge on any atom is 0.260 e. The number of carbonyl (C=O) groups excluding carboxylic acids is 2. The van der Waals surface area contributed by atoms with Crippen LogP contribution in [-0.4, -0.2) is 23.8 Å². The molecule has 108 valence electrons. The summed E-state index contributed by atoms with van der Waals surface area (Å²) >= 11 is 6.44. The van der Waals surface area contributed by atoms with Gasteiger partial charge in [-0.25, -0.2) is 0 Å².